The fraction of sp³-hybridized carbons (Fsp3) is 0.412. The maximum Gasteiger partial charge on any atom is 0.338 e. The molecule has 0 aliphatic rings. The Morgan fingerprint density at radius 2 is 1.76 bits per heavy atom. The molecule has 0 aliphatic carbocycles. The summed E-state index contributed by atoms with van der Waals surface area (Å²) in [5.74, 6) is -0.594. The molecule has 0 aromatic heterocycles. The van der Waals surface area contributed by atoms with Crippen LogP contribution in [0.5, 0.6) is 0 Å². The van der Waals surface area contributed by atoms with Crippen molar-refractivity contribution in [3.63, 3.8) is 0 Å². The van der Waals surface area contributed by atoms with Gasteiger partial charge in [0, 0.05) is 0 Å². The van der Waals surface area contributed by atoms with E-state index in [0.717, 1.165) is 5.56 Å². The van der Waals surface area contributed by atoms with Crippen LogP contribution in [-0.4, -0.2) is 24.1 Å². The number of hydrogen-bond donors (Lipinski definition) is 0. The van der Waals surface area contributed by atoms with E-state index in [1.165, 1.54) is 0 Å². The van der Waals surface area contributed by atoms with Crippen molar-refractivity contribution in [1.82, 2.24) is 0 Å². The van der Waals surface area contributed by atoms with Gasteiger partial charge in [-0.2, -0.15) is 0 Å². The zero-order valence-electron chi connectivity index (χ0n) is 13.0. The first kappa shape index (κ1) is 17.0. The molecule has 0 atom stereocenters. The Morgan fingerprint density at radius 1 is 1.14 bits per heavy atom. The van der Waals surface area contributed by atoms with Crippen LogP contribution in [0.25, 0.3) is 6.08 Å². The highest BCUT2D eigenvalue weighted by molar-refractivity contribution is 5.89. The first-order valence-corrected chi connectivity index (χ1v) is 6.97. The number of hydrogen-bond acceptors (Lipinski definition) is 4. The average molecular weight is 290 g/mol. The van der Waals surface area contributed by atoms with Crippen LogP contribution in [0.4, 0.5) is 0 Å². The van der Waals surface area contributed by atoms with Crippen molar-refractivity contribution in [2.24, 2.45) is 0 Å². The molecule has 0 unspecified atom stereocenters. The van der Waals surface area contributed by atoms with Gasteiger partial charge >= 0.3 is 11.9 Å². The first-order valence-electron chi connectivity index (χ1n) is 6.97. The van der Waals surface area contributed by atoms with E-state index in [-0.39, 0.29) is 18.4 Å². The lowest BCUT2D eigenvalue weighted by atomic mass is 10.1. The van der Waals surface area contributed by atoms with E-state index in [4.69, 9.17) is 9.47 Å². The Hall–Kier alpha value is -2.10. The normalized spacial score (nSPS) is 11.4. The van der Waals surface area contributed by atoms with Crippen LogP contribution in [0.3, 0.4) is 0 Å². The molecular weight excluding hydrogens is 268 g/mol. The lowest BCUT2D eigenvalue weighted by molar-refractivity contribution is -0.142. The quantitative estimate of drug-likeness (QED) is 0.777. The van der Waals surface area contributed by atoms with E-state index in [9.17, 15) is 9.59 Å². The van der Waals surface area contributed by atoms with Crippen LogP contribution in [0, 0.1) is 0 Å². The van der Waals surface area contributed by atoms with Gasteiger partial charge in [-0.25, -0.2) is 4.79 Å². The summed E-state index contributed by atoms with van der Waals surface area (Å²) >= 11 is 0. The summed E-state index contributed by atoms with van der Waals surface area (Å²) in [7, 11) is 0. The van der Waals surface area contributed by atoms with E-state index in [1.807, 2.05) is 26.8 Å². The Labute approximate surface area is 125 Å². The summed E-state index contributed by atoms with van der Waals surface area (Å²) in [5.41, 5.74) is 0.911. The summed E-state index contributed by atoms with van der Waals surface area (Å²) < 4.78 is 10.1. The minimum absolute atomic E-state index is 0.238. The highest BCUT2D eigenvalue weighted by Gasteiger charge is 2.17. The van der Waals surface area contributed by atoms with Crippen molar-refractivity contribution in [3.8, 4) is 0 Å². The molecular formula is C17H22O4. The summed E-state index contributed by atoms with van der Waals surface area (Å²) in [6.45, 7) is 7.65. The summed E-state index contributed by atoms with van der Waals surface area (Å²) in [5, 5.41) is 0. The van der Waals surface area contributed by atoms with Gasteiger partial charge < -0.3 is 9.47 Å². The molecule has 1 rings (SSSR count). The van der Waals surface area contributed by atoms with Crippen LogP contribution in [-0.2, 0) is 14.3 Å². The molecule has 4 heteroatoms. The highest BCUT2D eigenvalue weighted by Crippen LogP contribution is 2.13. The van der Waals surface area contributed by atoms with Crippen LogP contribution in [0.15, 0.2) is 30.3 Å². The molecule has 4 nitrogen and oxygen atoms in total. The lowest BCUT2D eigenvalue weighted by Crippen LogP contribution is -2.23. The maximum atomic E-state index is 11.8. The molecule has 0 saturated heterocycles. The highest BCUT2D eigenvalue weighted by atomic mass is 16.6. The lowest BCUT2D eigenvalue weighted by Gasteiger charge is -2.19. The Morgan fingerprint density at radius 3 is 2.29 bits per heavy atom. The van der Waals surface area contributed by atoms with Crippen LogP contribution in [0.2, 0.25) is 0 Å². The zero-order chi connectivity index (χ0) is 15.9. The second kappa shape index (κ2) is 7.62. The molecule has 0 amide bonds. The third kappa shape index (κ3) is 6.75. The van der Waals surface area contributed by atoms with Crippen molar-refractivity contribution in [1.29, 1.82) is 0 Å². The van der Waals surface area contributed by atoms with E-state index < -0.39 is 5.60 Å². The molecule has 0 fully saturated rings. The molecule has 0 bridgehead atoms. The van der Waals surface area contributed by atoms with E-state index in [1.54, 1.807) is 37.3 Å². The van der Waals surface area contributed by atoms with Crippen molar-refractivity contribution in [2.45, 2.75) is 39.7 Å². The molecule has 21 heavy (non-hydrogen) atoms. The van der Waals surface area contributed by atoms with Crippen LogP contribution in [0.1, 0.15) is 50.0 Å². The second-order valence-electron chi connectivity index (χ2n) is 5.54. The number of ether oxygens (including phenoxy) is 2. The fourth-order valence-electron chi connectivity index (χ4n) is 1.58. The number of rotatable bonds is 5. The van der Waals surface area contributed by atoms with Crippen LogP contribution >= 0.6 is 0 Å². The van der Waals surface area contributed by atoms with Gasteiger partial charge in [0.1, 0.15) is 5.60 Å². The molecule has 0 heterocycles. The molecule has 1 aromatic rings. The topological polar surface area (TPSA) is 52.6 Å². The van der Waals surface area contributed by atoms with E-state index in [0.29, 0.717) is 12.2 Å². The monoisotopic (exact) mass is 290 g/mol. The minimum atomic E-state index is -0.505. The molecule has 0 aliphatic heterocycles. The van der Waals surface area contributed by atoms with Gasteiger partial charge in [0.05, 0.1) is 18.6 Å². The third-order valence-corrected chi connectivity index (χ3v) is 2.45. The average Bonchev–Trinajstić information content (AvgIpc) is 2.38. The Kier molecular flexibility index (Phi) is 6.15. The minimum Gasteiger partial charge on any atom is -0.466 e. The van der Waals surface area contributed by atoms with Crippen molar-refractivity contribution in [3.05, 3.63) is 41.5 Å². The Balaban J connectivity index is 2.60. The van der Waals surface area contributed by atoms with Gasteiger partial charge in [0.2, 0.25) is 0 Å². The summed E-state index contributed by atoms with van der Waals surface area (Å²) in [6, 6.07) is 7.03. The Bertz CT molecular complexity index is 507. The van der Waals surface area contributed by atoms with Gasteiger partial charge in [-0.3, -0.25) is 4.79 Å². The van der Waals surface area contributed by atoms with Gasteiger partial charge in [0.15, 0.2) is 0 Å². The SMILES string of the molecule is CCOC(=O)CC=Cc1ccc(C(=O)OC(C)(C)C)cc1. The molecule has 0 N–H and O–H groups in total. The molecule has 114 valence electrons. The predicted octanol–water partition coefficient (Wildman–Crippen LogP) is 3.61. The van der Waals surface area contributed by atoms with Gasteiger partial charge in [-0.05, 0) is 45.4 Å². The summed E-state index contributed by atoms with van der Waals surface area (Å²) in [6.07, 6.45) is 3.79. The standard InChI is InChI=1S/C17H22O4/c1-5-20-15(18)8-6-7-13-9-11-14(12-10-13)16(19)21-17(2,3)4/h6-7,9-12H,5,8H2,1-4H3. The van der Waals surface area contributed by atoms with Crippen LogP contribution < -0.4 is 0 Å². The smallest absolute Gasteiger partial charge is 0.338 e. The van der Waals surface area contributed by atoms with Gasteiger partial charge in [-0.15, -0.1) is 0 Å². The van der Waals surface area contributed by atoms with Gasteiger partial charge in [-0.1, -0.05) is 24.3 Å². The first-order chi connectivity index (χ1) is 9.81. The number of carbonyl (C=O) groups is 2. The van der Waals surface area contributed by atoms with Crippen molar-refractivity contribution >= 4 is 18.0 Å². The van der Waals surface area contributed by atoms with Crippen molar-refractivity contribution in [2.75, 3.05) is 6.61 Å². The molecule has 0 spiro atoms. The van der Waals surface area contributed by atoms with E-state index >= 15 is 0 Å². The van der Waals surface area contributed by atoms with E-state index in [2.05, 4.69) is 0 Å². The zero-order valence-corrected chi connectivity index (χ0v) is 13.0. The largest absolute Gasteiger partial charge is 0.466 e. The fourth-order valence-corrected chi connectivity index (χ4v) is 1.58. The molecule has 1 aromatic carbocycles. The molecule has 0 saturated carbocycles. The molecule has 0 radical (unpaired) electrons. The summed E-state index contributed by atoms with van der Waals surface area (Å²) in [4.78, 5) is 23.0. The third-order valence-electron chi connectivity index (χ3n) is 2.45. The van der Waals surface area contributed by atoms with Crippen molar-refractivity contribution < 1.29 is 19.1 Å². The number of carbonyl (C=O) groups excluding carboxylic acids is 2. The maximum absolute atomic E-state index is 11.8. The second-order valence-corrected chi connectivity index (χ2v) is 5.54. The van der Waals surface area contributed by atoms with Gasteiger partial charge in [0.25, 0.3) is 0 Å². The number of benzene rings is 1. The number of esters is 2. The predicted molar refractivity (Wildman–Crippen MR) is 81.9 cm³/mol.